The average Bonchev–Trinajstić information content (AvgIpc) is 3.71. The van der Waals surface area contributed by atoms with Gasteiger partial charge in [0.2, 0.25) is 11.8 Å². The first-order valence-electron chi connectivity index (χ1n) is 17.4. The maximum absolute atomic E-state index is 15.0. The Kier molecular flexibility index (Phi) is 12.0. The van der Waals surface area contributed by atoms with Crippen molar-refractivity contribution < 1.29 is 38.5 Å². The lowest BCUT2D eigenvalue weighted by molar-refractivity contribution is -0.162. The number of para-hydroxylation sites is 1. The third-order valence-electron chi connectivity index (χ3n) is 10.1. The van der Waals surface area contributed by atoms with Crippen molar-refractivity contribution in [2.45, 2.75) is 68.4 Å². The first-order valence-corrected chi connectivity index (χ1v) is 18.6. The minimum absolute atomic E-state index is 0.0579. The molecule has 0 radical (unpaired) electrons. The largest absolute Gasteiger partial charge is 0.455 e. The van der Waals surface area contributed by atoms with Crippen molar-refractivity contribution in [3.05, 3.63) is 87.9 Å². The number of unbranched alkanes of at least 4 members (excludes halogenated alkanes) is 3. The molecule has 1 spiro atoms. The third kappa shape index (κ3) is 7.39. The number of halogens is 2. The van der Waals surface area contributed by atoms with Crippen LogP contribution in [0.3, 0.4) is 0 Å². The lowest BCUT2D eigenvalue weighted by Crippen LogP contribution is -2.56. The number of nitrogens with one attached hydrogen (secondary N) is 1. The number of benzene rings is 2. The Balaban J connectivity index is 1.45. The molecule has 0 unspecified atom stereocenters. The normalized spacial score (nSPS) is 30.2. The number of esters is 1. The number of rotatable bonds is 10. The van der Waals surface area contributed by atoms with Gasteiger partial charge in [0.15, 0.2) is 0 Å². The standard InChI is InChI=1S/C38H43BrClN3O8/c1-49-23-27-32(24-14-6-4-7-15-24)50-37(48)30-31-35(46)43(20-11-2-3-13-21-44)34(38(31)22-25(39)33(30)51-38)36(47)42(28-17-10-9-16-26(28)40)19-12-5-8-18-29(45)41-27/h4-7,9-10,12,14-17,22,27,30-34,44H,2-3,8,11,13,18-21,23H2,1H3,(H,41,45)/b12-5-/t27-,30+,31-,32-,33+,34+,38-/m0/s1. The summed E-state index contributed by atoms with van der Waals surface area (Å²) in [4.78, 5) is 60.6. The second-order valence-corrected chi connectivity index (χ2v) is 14.6. The van der Waals surface area contributed by atoms with E-state index in [2.05, 4.69) is 21.2 Å². The summed E-state index contributed by atoms with van der Waals surface area (Å²) in [6.07, 6.45) is 6.85. The van der Waals surface area contributed by atoms with E-state index in [1.165, 1.54) is 12.0 Å². The second-order valence-electron chi connectivity index (χ2n) is 13.3. The molecule has 5 bridgehead atoms. The summed E-state index contributed by atoms with van der Waals surface area (Å²) in [6, 6.07) is 14.2. The number of allylic oxidation sites excluding steroid dienone is 1. The highest BCUT2D eigenvalue weighted by Gasteiger charge is 2.75. The van der Waals surface area contributed by atoms with Crippen LogP contribution in [0.5, 0.6) is 0 Å². The van der Waals surface area contributed by atoms with Gasteiger partial charge in [-0.1, -0.05) is 95.0 Å². The molecule has 2 aromatic carbocycles. The van der Waals surface area contributed by atoms with E-state index >= 15 is 4.79 Å². The maximum Gasteiger partial charge on any atom is 0.313 e. The van der Waals surface area contributed by atoms with Crippen LogP contribution in [0.1, 0.15) is 50.2 Å². The van der Waals surface area contributed by atoms with Crippen LogP contribution in [0.15, 0.2) is 77.3 Å². The summed E-state index contributed by atoms with van der Waals surface area (Å²) in [5.74, 6) is -3.85. The molecule has 11 nitrogen and oxygen atoms in total. The fourth-order valence-corrected chi connectivity index (χ4v) is 8.76. The molecule has 6 rings (SSSR count). The van der Waals surface area contributed by atoms with Crippen LogP contribution in [0.4, 0.5) is 5.69 Å². The van der Waals surface area contributed by atoms with Crippen LogP contribution in [0.2, 0.25) is 5.02 Å². The predicted octanol–water partition coefficient (Wildman–Crippen LogP) is 4.86. The van der Waals surface area contributed by atoms with E-state index in [9.17, 15) is 19.5 Å². The lowest BCUT2D eigenvalue weighted by atomic mass is 9.74. The summed E-state index contributed by atoms with van der Waals surface area (Å²) in [5.41, 5.74) is -0.365. The molecule has 51 heavy (non-hydrogen) atoms. The van der Waals surface area contributed by atoms with Gasteiger partial charge in [0, 0.05) is 37.7 Å². The van der Waals surface area contributed by atoms with Crippen LogP contribution in [-0.4, -0.2) is 90.9 Å². The number of ether oxygens (including phenoxy) is 3. The van der Waals surface area contributed by atoms with E-state index in [0.717, 1.165) is 12.8 Å². The van der Waals surface area contributed by atoms with Crippen LogP contribution in [0, 0.1) is 11.8 Å². The molecule has 13 heteroatoms. The maximum atomic E-state index is 15.0. The van der Waals surface area contributed by atoms with Gasteiger partial charge in [0.05, 0.1) is 29.3 Å². The number of methoxy groups -OCH3 is 1. The minimum Gasteiger partial charge on any atom is -0.455 e. The quantitative estimate of drug-likeness (QED) is 0.198. The van der Waals surface area contributed by atoms with E-state index in [1.54, 1.807) is 35.2 Å². The molecule has 4 aliphatic heterocycles. The Morgan fingerprint density at radius 3 is 2.47 bits per heavy atom. The number of hydrogen-bond acceptors (Lipinski definition) is 8. The molecule has 4 aliphatic rings. The molecule has 2 aromatic rings. The van der Waals surface area contributed by atoms with Gasteiger partial charge in [-0.15, -0.1) is 0 Å². The number of amides is 3. The van der Waals surface area contributed by atoms with Crippen molar-refractivity contribution in [1.82, 2.24) is 10.2 Å². The Labute approximate surface area is 311 Å². The Morgan fingerprint density at radius 1 is 0.980 bits per heavy atom. The van der Waals surface area contributed by atoms with E-state index < -0.39 is 53.6 Å². The SMILES string of the molecule is COC[C@@H]1NC(=O)CC/C=C\CN(c2ccccc2Cl)C(=O)[C@H]2N(CCCCCCO)C(=O)[C@@H]3[C@@H](C(=O)O[C@H]1c1ccccc1)[C@@H]1O[C@@]32C=C1Br. The minimum atomic E-state index is -1.47. The summed E-state index contributed by atoms with van der Waals surface area (Å²) < 4.78 is 19.0. The van der Waals surface area contributed by atoms with Gasteiger partial charge in [-0.3, -0.25) is 19.2 Å². The Bertz CT molecular complexity index is 1670. The number of aliphatic hydroxyl groups is 1. The van der Waals surface area contributed by atoms with Gasteiger partial charge >= 0.3 is 5.97 Å². The van der Waals surface area contributed by atoms with Gasteiger partial charge in [-0.25, -0.2) is 0 Å². The number of nitrogens with zero attached hydrogens (tertiary/aromatic N) is 2. The second kappa shape index (κ2) is 16.4. The van der Waals surface area contributed by atoms with Gasteiger partial charge in [0.1, 0.15) is 29.8 Å². The van der Waals surface area contributed by atoms with Crippen molar-refractivity contribution in [3.63, 3.8) is 0 Å². The number of carbonyl (C=O) groups is 4. The van der Waals surface area contributed by atoms with Crippen molar-refractivity contribution in [3.8, 4) is 0 Å². The molecule has 0 aliphatic carbocycles. The van der Waals surface area contributed by atoms with Crippen LogP contribution >= 0.6 is 27.5 Å². The summed E-state index contributed by atoms with van der Waals surface area (Å²) in [6.45, 7) is 0.497. The smallest absolute Gasteiger partial charge is 0.313 e. The van der Waals surface area contributed by atoms with Crippen molar-refractivity contribution >= 4 is 56.9 Å². The number of cyclic esters (lactones) is 1. The van der Waals surface area contributed by atoms with E-state index in [0.29, 0.717) is 40.0 Å². The molecule has 0 saturated carbocycles. The van der Waals surface area contributed by atoms with Crippen LogP contribution < -0.4 is 10.2 Å². The Hall–Kier alpha value is -3.55. The predicted molar refractivity (Wildman–Crippen MR) is 194 cm³/mol. The van der Waals surface area contributed by atoms with Gasteiger partial charge in [-0.05, 0) is 43.0 Å². The number of hydrogen-bond donors (Lipinski definition) is 2. The van der Waals surface area contributed by atoms with Crippen LogP contribution in [-0.2, 0) is 33.4 Å². The highest BCUT2D eigenvalue weighted by Crippen LogP contribution is 2.59. The van der Waals surface area contributed by atoms with Crippen molar-refractivity contribution in [1.29, 1.82) is 0 Å². The number of aliphatic hydroxyl groups excluding tert-OH is 1. The number of anilines is 1. The first-order chi connectivity index (χ1) is 24.7. The van der Waals surface area contributed by atoms with Gasteiger partial charge < -0.3 is 34.4 Å². The zero-order valence-corrected chi connectivity index (χ0v) is 30.8. The number of likely N-dealkylation sites (tertiary alicyclic amines) is 1. The molecular formula is C38H43BrClN3O8. The molecule has 4 heterocycles. The zero-order chi connectivity index (χ0) is 36.1. The van der Waals surface area contributed by atoms with Gasteiger partial charge in [0.25, 0.3) is 5.91 Å². The molecule has 0 aromatic heterocycles. The summed E-state index contributed by atoms with van der Waals surface area (Å²) in [5, 5.41) is 12.7. The highest BCUT2D eigenvalue weighted by atomic mass is 79.9. The number of fused-ring (bicyclic) bond motifs is 2. The highest BCUT2D eigenvalue weighted by molar-refractivity contribution is 9.11. The van der Waals surface area contributed by atoms with Crippen molar-refractivity contribution in [2.75, 3.05) is 38.3 Å². The molecular weight excluding hydrogens is 742 g/mol. The first kappa shape index (κ1) is 37.2. The third-order valence-corrected chi connectivity index (χ3v) is 11.1. The van der Waals surface area contributed by atoms with E-state index in [4.69, 9.17) is 25.8 Å². The van der Waals surface area contributed by atoms with E-state index in [1.807, 2.05) is 42.5 Å². The molecule has 2 saturated heterocycles. The Morgan fingerprint density at radius 2 is 1.73 bits per heavy atom. The fraction of sp³-hybridized carbons (Fsp3) is 0.474. The molecule has 2 fully saturated rings. The molecule has 272 valence electrons. The lowest BCUT2D eigenvalue weighted by Gasteiger charge is -2.36. The van der Waals surface area contributed by atoms with E-state index in [-0.39, 0.29) is 44.5 Å². The average molecular weight is 785 g/mol. The number of carbonyl (C=O) groups excluding carboxylic acids is 4. The zero-order valence-electron chi connectivity index (χ0n) is 28.4. The molecule has 7 atom stereocenters. The van der Waals surface area contributed by atoms with Gasteiger partial charge in [-0.2, -0.15) is 0 Å². The molecule has 2 N–H and O–H groups in total. The van der Waals surface area contributed by atoms with Crippen LogP contribution in [0.25, 0.3) is 0 Å². The topological polar surface area (TPSA) is 135 Å². The molecule has 3 amide bonds. The monoisotopic (exact) mass is 783 g/mol. The van der Waals surface area contributed by atoms with Crippen molar-refractivity contribution in [2.24, 2.45) is 11.8 Å². The fourth-order valence-electron chi connectivity index (χ4n) is 7.78. The summed E-state index contributed by atoms with van der Waals surface area (Å²) >= 11 is 10.3. The summed E-state index contributed by atoms with van der Waals surface area (Å²) in [7, 11) is 1.51.